The third-order valence-electron chi connectivity index (χ3n) is 10.7. The average Bonchev–Trinajstić information content (AvgIpc) is 3.99. The van der Waals surface area contributed by atoms with Crippen molar-refractivity contribution in [3.8, 4) is 0 Å². The molecule has 384 valence electrons. The molecule has 9 amide bonds. The number of nitrogens with zero attached hydrogens (tertiary/aromatic N) is 3. The van der Waals surface area contributed by atoms with Crippen molar-refractivity contribution in [2.75, 3.05) is 19.7 Å². The molecule has 1 aliphatic heterocycles. The summed E-state index contributed by atoms with van der Waals surface area (Å²) in [4.78, 5) is 154. The van der Waals surface area contributed by atoms with Gasteiger partial charge in [-0.25, -0.2) is 9.78 Å². The number of likely N-dealkylation sites (tertiary alicyclic amines) is 1. The molecule has 29 heteroatoms. The monoisotopic (exact) mass is 979 g/mol. The van der Waals surface area contributed by atoms with Gasteiger partial charge in [-0.3, -0.25) is 52.9 Å². The lowest BCUT2D eigenvalue weighted by atomic mass is 10.0. The summed E-state index contributed by atoms with van der Waals surface area (Å²) in [5, 5.41) is 43.1. The SMILES string of the molecule is CC(C)[C@H](NC(=O)[C@H](CCCN=C(N)N)NC(=O)[C@H](CCC(N)=O)NC(=O)[C@H](Cc1cnc[nH]1)NC(=O)[C@H](CCC(=O)O)NC(=O)[C@@H]1CCCN1C(=O)[C@@H](N)CO)C(=O)N[C@@H](CCC(N)=O)C(=O)O. The number of imidazole rings is 1. The number of primary amides is 2. The van der Waals surface area contributed by atoms with E-state index in [1.165, 1.54) is 26.4 Å². The van der Waals surface area contributed by atoms with Crippen LogP contribution in [0.2, 0.25) is 0 Å². The number of nitrogens with two attached hydrogens (primary N) is 5. The minimum Gasteiger partial charge on any atom is -0.481 e. The standard InChI is InChI=1S/C40H65N15O14/c1-19(2)31(37(66)52-25(39(68)69)8-11-29(43)58)54-34(63)22(5-3-13-47-40(44)45)49-32(61)23(7-10-28(42)57)50-35(64)26(15-20-16-46-18-48-20)53-33(62)24(9-12-30(59)60)51-36(65)27-6-4-14-55(27)38(67)21(41)17-56/h16,18-19,21-27,31,56H,3-15,17,41H2,1-2H3,(H2,42,57)(H2,43,58)(H,46,48)(H,49,61)(H,50,64)(H,51,65)(H,52,66)(H,53,62)(H,54,63)(H,59,60)(H,68,69)(H4,44,45,47)/t21-,22-,23-,24-,25-,26-,27-,31-/m0/s1. The predicted molar refractivity (Wildman–Crippen MR) is 240 cm³/mol. The largest absolute Gasteiger partial charge is 0.481 e. The van der Waals surface area contributed by atoms with E-state index in [9.17, 15) is 68.1 Å². The zero-order chi connectivity index (χ0) is 52.0. The van der Waals surface area contributed by atoms with Crippen LogP contribution in [0.5, 0.6) is 0 Å². The molecular formula is C40H65N15O14. The lowest BCUT2D eigenvalue weighted by Crippen LogP contribution is -2.60. The zero-order valence-corrected chi connectivity index (χ0v) is 38.3. The van der Waals surface area contributed by atoms with E-state index >= 15 is 0 Å². The second kappa shape index (κ2) is 28.7. The number of rotatable bonds is 31. The average molecular weight is 980 g/mol. The first-order valence-electron chi connectivity index (χ1n) is 22.0. The van der Waals surface area contributed by atoms with E-state index in [-0.39, 0.29) is 63.3 Å². The van der Waals surface area contributed by atoms with Crippen LogP contribution in [-0.4, -0.2) is 169 Å². The van der Waals surface area contributed by atoms with Crippen molar-refractivity contribution < 1.29 is 68.1 Å². The van der Waals surface area contributed by atoms with Crippen LogP contribution in [0.15, 0.2) is 17.5 Å². The fourth-order valence-corrected chi connectivity index (χ4v) is 6.96. The summed E-state index contributed by atoms with van der Waals surface area (Å²) in [5.41, 5.74) is 27.4. The molecule has 2 heterocycles. The number of aliphatic imine (C=N–C) groups is 1. The first kappa shape index (κ1) is 57.7. The number of aromatic amines is 1. The summed E-state index contributed by atoms with van der Waals surface area (Å²) in [6.45, 7) is 2.45. The highest BCUT2D eigenvalue weighted by Gasteiger charge is 2.39. The van der Waals surface area contributed by atoms with Crippen molar-refractivity contribution in [2.24, 2.45) is 39.6 Å². The fraction of sp³-hybridized carbons (Fsp3) is 0.625. The number of aliphatic carboxylic acids is 2. The number of H-pyrrole nitrogens is 1. The zero-order valence-electron chi connectivity index (χ0n) is 38.3. The van der Waals surface area contributed by atoms with E-state index in [0.29, 0.717) is 6.42 Å². The number of carboxylic acids is 2. The highest BCUT2D eigenvalue weighted by molar-refractivity contribution is 5.98. The van der Waals surface area contributed by atoms with E-state index in [1.807, 2.05) is 0 Å². The fourth-order valence-electron chi connectivity index (χ4n) is 6.96. The number of hydrogen-bond donors (Lipinski definition) is 15. The number of guanidine groups is 1. The molecule has 69 heavy (non-hydrogen) atoms. The van der Waals surface area contributed by atoms with Crippen molar-refractivity contribution in [3.05, 3.63) is 18.2 Å². The maximum Gasteiger partial charge on any atom is 0.326 e. The summed E-state index contributed by atoms with van der Waals surface area (Å²) in [6, 6.07) is -11.7. The van der Waals surface area contributed by atoms with Crippen LogP contribution in [0.1, 0.15) is 83.7 Å². The van der Waals surface area contributed by atoms with Crippen LogP contribution >= 0.6 is 0 Å². The number of aliphatic hydroxyl groups is 1. The van der Waals surface area contributed by atoms with Gasteiger partial charge in [0.2, 0.25) is 53.2 Å². The number of aromatic nitrogens is 2. The molecule has 2 rings (SSSR count). The van der Waals surface area contributed by atoms with Gasteiger partial charge < -0.3 is 85.8 Å². The van der Waals surface area contributed by atoms with Gasteiger partial charge in [0.1, 0.15) is 48.3 Å². The van der Waals surface area contributed by atoms with Crippen molar-refractivity contribution >= 4 is 71.1 Å². The van der Waals surface area contributed by atoms with Gasteiger partial charge in [0, 0.05) is 50.7 Å². The highest BCUT2D eigenvalue weighted by Crippen LogP contribution is 2.19. The van der Waals surface area contributed by atoms with Crippen molar-refractivity contribution in [1.29, 1.82) is 0 Å². The molecule has 0 aliphatic carbocycles. The van der Waals surface area contributed by atoms with Gasteiger partial charge in [-0.15, -0.1) is 0 Å². The normalized spacial score (nSPS) is 16.2. The Morgan fingerprint density at radius 3 is 1.78 bits per heavy atom. The van der Waals surface area contributed by atoms with Gasteiger partial charge in [0.15, 0.2) is 5.96 Å². The maximum atomic E-state index is 14.2. The van der Waals surface area contributed by atoms with Crippen LogP contribution < -0.4 is 60.6 Å². The van der Waals surface area contributed by atoms with E-state index in [2.05, 4.69) is 46.9 Å². The van der Waals surface area contributed by atoms with Crippen molar-refractivity contribution in [2.45, 2.75) is 133 Å². The van der Waals surface area contributed by atoms with Crippen LogP contribution in [0.4, 0.5) is 0 Å². The Hall–Kier alpha value is -7.43. The Balaban J connectivity index is 2.46. The molecule has 20 N–H and O–H groups in total. The summed E-state index contributed by atoms with van der Waals surface area (Å²) >= 11 is 0. The number of hydrogen-bond acceptors (Lipinski definition) is 15. The smallest absolute Gasteiger partial charge is 0.326 e. The first-order valence-corrected chi connectivity index (χ1v) is 22.0. The molecule has 1 fully saturated rings. The summed E-state index contributed by atoms with van der Waals surface area (Å²) in [7, 11) is 0. The minimum absolute atomic E-state index is 0.0319. The number of aliphatic hydroxyl groups excluding tert-OH is 1. The van der Waals surface area contributed by atoms with Crippen molar-refractivity contribution in [1.82, 2.24) is 46.8 Å². The second-order valence-corrected chi connectivity index (χ2v) is 16.5. The van der Waals surface area contributed by atoms with Crippen LogP contribution in [0.25, 0.3) is 0 Å². The Kier molecular flexibility index (Phi) is 24.0. The summed E-state index contributed by atoms with van der Waals surface area (Å²) in [6.07, 6.45) is -0.109. The number of carboxylic acid groups (broad SMARTS) is 2. The molecule has 8 atom stereocenters. The lowest BCUT2D eigenvalue weighted by molar-refractivity contribution is -0.143. The molecule has 0 unspecified atom stereocenters. The Morgan fingerprint density at radius 1 is 0.739 bits per heavy atom. The third-order valence-corrected chi connectivity index (χ3v) is 10.7. The second-order valence-electron chi connectivity index (χ2n) is 16.5. The highest BCUT2D eigenvalue weighted by atomic mass is 16.4. The quantitative estimate of drug-likeness (QED) is 0.0187. The molecule has 1 aromatic heterocycles. The molecule has 0 aromatic carbocycles. The van der Waals surface area contributed by atoms with Gasteiger partial charge in [0.05, 0.1) is 12.9 Å². The summed E-state index contributed by atoms with van der Waals surface area (Å²) < 4.78 is 0. The maximum absolute atomic E-state index is 14.2. The molecule has 1 aliphatic rings. The molecule has 0 radical (unpaired) electrons. The van der Waals surface area contributed by atoms with Crippen LogP contribution in [0.3, 0.4) is 0 Å². The Morgan fingerprint density at radius 2 is 1.26 bits per heavy atom. The molecule has 0 saturated carbocycles. The van der Waals surface area contributed by atoms with Crippen LogP contribution in [-0.2, 0) is 59.2 Å². The van der Waals surface area contributed by atoms with Crippen molar-refractivity contribution in [3.63, 3.8) is 0 Å². The van der Waals surface area contributed by atoms with Gasteiger partial charge >= 0.3 is 11.9 Å². The van der Waals surface area contributed by atoms with E-state index in [0.717, 1.165) is 4.90 Å². The number of nitrogens with one attached hydrogen (secondary N) is 7. The van der Waals surface area contributed by atoms with Crippen LogP contribution in [0, 0.1) is 5.92 Å². The van der Waals surface area contributed by atoms with E-state index < -0.39 is 152 Å². The minimum atomic E-state index is -1.65. The number of carbonyl (C=O) groups excluding carboxylic acids is 9. The van der Waals surface area contributed by atoms with Gasteiger partial charge in [-0.2, -0.15) is 0 Å². The van der Waals surface area contributed by atoms with Gasteiger partial charge in [-0.1, -0.05) is 13.8 Å². The molecule has 0 bridgehead atoms. The molecule has 1 saturated heterocycles. The predicted octanol–water partition coefficient (Wildman–Crippen LogP) is -6.64. The van der Waals surface area contributed by atoms with Gasteiger partial charge in [0.25, 0.3) is 0 Å². The molecule has 29 nitrogen and oxygen atoms in total. The Bertz CT molecular complexity index is 2010. The topological polar surface area (TPSA) is 495 Å². The molecule has 0 spiro atoms. The first-order chi connectivity index (χ1) is 32.4. The Labute approximate surface area is 395 Å². The van der Waals surface area contributed by atoms with E-state index in [1.54, 1.807) is 0 Å². The van der Waals surface area contributed by atoms with E-state index in [4.69, 9.17) is 28.7 Å². The van der Waals surface area contributed by atoms with Gasteiger partial charge in [-0.05, 0) is 50.9 Å². The molecule has 1 aromatic rings. The lowest BCUT2D eigenvalue weighted by Gasteiger charge is -2.29. The molecular weight excluding hydrogens is 915 g/mol. The number of carbonyl (C=O) groups is 11. The number of amides is 9. The third kappa shape index (κ3) is 20.1. The summed E-state index contributed by atoms with van der Waals surface area (Å²) in [5.74, 6) is -12.1.